The van der Waals surface area contributed by atoms with Crippen LogP contribution >= 0.6 is 0 Å². The number of carbonyl (C=O) groups excluding carboxylic acids is 2. The molecular formula is C10H14N4O5. The number of aliphatic carboxylic acids is 1. The molecule has 0 unspecified atom stereocenters. The number of carbonyl (C=O) groups is 3. The average Bonchev–Trinajstić information content (AvgIpc) is 2.88. The predicted octanol–water partition coefficient (Wildman–Crippen LogP) is -1.20. The van der Waals surface area contributed by atoms with Crippen molar-refractivity contribution in [2.75, 3.05) is 7.11 Å². The first-order valence-electron chi connectivity index (χ1n) is 5.46. The number of aromatic nitrogens is 3. The molecule has 19 heavy (non-hydrogen) atoms. The monoisotopic (exact) mass is 270 g/mol. The Labute approximate surface area is 108 Å². The van der Waals surface area contributed by atoms with Gasteiger partial charge in [0.25, 0.3) is 0 Å². The van der Waals surface area contributed by atoms with Crippen LogP contribution in [0, 0.1) is 0 Å². The highest BCUT2D eigenvalue weighted by molar-refractivity contribution is 5.87. The van der Waals surface area contributed by atoms with E-state index in [1.165, 1.54) is 10.9 Å². The molecule has 0 aliphatic rings. The summed E-state index contributed by atoms with van der Waals surface area (Å²) in [5.41, 5.74) is 0. The smallest absolute Gasteiger partial charge is 0.326 e. The number of nitrogens with one attached hydrogen (secondary N) is 1. The van der Waals surface area contributed by atoms with Crippen LogP contribution < -0.4 is 5.32 Å². The lowest BCUT2D eigenvalue weighted by atomic mass is 10.2. The van der Waals surface area contributed by atoms with Gasteiger partial charge in [0.2, 0.25) is 5.91 Å². The van der Waals surface area contributed by atoms with Crippen LogP contribution in [0.1, 0.15) is 12.8 Å². The Kier molecular flexibility index (Phi) is 5.45. The number of methoxy groups -OCH3 is 1. The molecule has 0 spiro atoms. The fourth-order valence-corrected chi connectivity index (χ4v) is 1.28. The van der Waals surface area contributed by atoms with Crippen molar-refractivity contribution >= 4 is 17.8 Å². The number of rotatable bonds is 7. The minimum Gasteiger partial charge on any atom is -0.480 e. The van der Waals surface area contributed by atoms with E-state index in [9.17, 15) is 14.4 Å². The minimum absolute atomic E-state index is 0.0360. The van der Waals surface area contributed by atoms with Crippen LogP contribution in [0.4, 0.5) is 0 Å². The van der Waals surface area contributed by atoms with Gasteiger partial charge in [-0.3, -0.25) is 14.3 Å². The van der Waals surface area contributed by atoms with Crippen LogP contribution in [0.3, 0.4) is 0 Å². The van der Waals surface area contributed by atoms with Gasteiger partial charge < -0.3 is 15.2 Å². The van der Waals surface area contributed by atoms with Crippen molar-refractivity contribution in [1.82, 2.24) is 20.3 Å². The van der Waals surface area contributed by atoms with Crippen LogP contribution in [0.15, 0.2) is 12.4 Å². The van der Waals surface area contributed by atoms with E-state index in [2.05, 4.69) is 20.4 Å². The number of carboxylic acids is 1. The van der Waals surface area contributed by atoms with Crippen LogP contribution in [0.2, 0.25) is 0 Å². The molecule has 0 saturated heterocycles. The van der Waals surface area contributed by atoms with E-state index in [1.54, 1.807) is 6.20 Å². The molecule has 1 aromatic heterocycles. The van der Waals surface area contributed by atoms with Gasteiger partial charge in [-0.25, -0.2) is 4.79 Å². The van der Waals surface area contributed by atoms with E-state index in [4.69, 9.17) is 5.11 Å². The summed E-state index contributed by atoms with van der Waals surface area (Å²) in [6, 6.07) is -1.30. The number of hydrogen-bond acceptors (Lipinski definition) is 6. The van der Waals surface area contributed by atoms with Crippen molar-refractivity contribution in [2.45, 2.75) is 25.4 Å². The quantitative estimate of drug-likeness (QED) is 0.596. The second-order valence-corrected chi connectivity index (χ2v) is 3.65. The van der Waals surface area contributed by atoms with Crippen molar-refractivity contribution < 1.29 is 24.2 Å². The van der Waals surface area contributed by atoms with Gasteiger partial charge in [-0.15, -0.1) is 5.10 Å². The number of carboxylic acid groups (broad SMARTS) is 1. The first kappa shape index (κ1) is 14.6. The molecule has 1 aromatic rings. The first-order chi connectivity index (χ1) is 9.02. The Balaban J connectivity index is 2.42. The van der Waals surface area contributed by atoms with Crippen molar-refractivity contribution in [1.29, 1.82) is 0 Å². The normalized spacial score (nSPS) is 11.6. The number of aryl methyl sites for hydroxylation is 1. The number of esters is 1. The third kappa shape index (κ3) is 5.15. The molecule has 1 amide bonds. The summed E-state index contributed by atoms with van der Waals surface area (Å²) >= 11 is 0. The molecule has 0 bridgehead atoms. The zero-order valence-corrected chi connectivity index (χ0v) is 10.3. The molecule has 9 heteroatoms. The van der Waals surface area contributed by atoms with Crippen molar-refractivity contribution in [3.8, 4) is 0 Å². The second kappa shape index (κ2) is 7.09. The second-order valence-electron chi connectivity index (χ2n) is 3.65. The zero-order valence-electron chi connectivity index (χ0n) is 10.3. The van der Waals surface area contributed by atoms with Crippen molar-refractivity contribution in [3.63, 3.8) is 0 Å². The topological polar surface area (TPSA) is 123 Å². The Morgan fingerprint density at radius 2 is 2.21 bits per heavy atom. The molecule has 0 aliphatic carbocycles. The fourth-order valence-electron chi connectivity index (χ4n) is 1.28. The predicted molar refractivity (Wildman–Crippen MR) is 60.8 cm³/mol. The van der Waals surface area contributed by atoms with Gasteiger partial charge >= 0.3 is 11.9 Å². The molecule has 0 radical (unpaired) electrons. The van der Waals surface area contributed by atoms with Crippen LogP contribution in [-0.4, -0.2) is 51.1 Å². The van der Waals surface area contributed by atoms with Gasteiger partial charge in [-0.1, -0.05) is 5.21 Å². The van der Waals surface area contributed by atoms with E-state index in [0.717, 1.165) is 7.11 Å². The molecule has 104 valence electrons. The third-order valence-electron chi connectivity index (χ3n) is 2.27. The molecule has 1 rings (SSSR count). The number of amides is 1. The zero-order chi connectivity index (χ0) is 14.3. The molecule has 0 aliphatic heterocycles. The Morgan fingerprint density at radius 1 is 1.47 bits per heavy atom. The van der Waals surface area contributed by atoms with Gasteiger partial charge in [0.05, 0.1) is 26.3 Å². The summed E-state index contributed by atoms with van der Waals surface area (Å²) < 4.78 is 5.80. The van der Waals surface area contributed by atoms with E-state index >= 15 is 0 Å². The molecule has 0 aromatic carbocycles. The van der Waals surface area contributed by atoms with Gasteiger partial charge in [0.15, 0.2) is 0 Å². The van der Waals surface area contributed by atoms with Crippen molar-refractivity contribution in [3.05, 3.63) is 12.4 Å². The summed E-state index contributed by atoms with van der Waals surface area (Å²) in [4.78, 5) is 33.4. The van der Waals surface area contributed by atoms with Gasteiger partial charge in [0, 0.05) is 12.6 Å². The van der Waals surface area contributed by atoms with Gasteiger partial charge in [0.1, 0.15) is 6.04 Å². The van der Waals surface area contributed by atoms with E-state index in [1.807, 2.05) is 0 Å². The van der Waals surface area contributed by atoms with Crippen LogP contribution in [-0.2, 0) is 25.7 Å². The molecule has 9 nitrogen and oxygen atoms in total. The molecular weight excluding hydrogens is 256 g/mol. The summed E-state index contributed by atoms with van der Waals surface area (Å²) in [7, 11) is 1.15. The average molecular weight is 270 g/mol. The van der Waals surface area contributed by atoms with E-state index in [0.29, 0.717) is 0 Å². The highest BCUT2D eigenvalue weighted by Gasteiger charge is 2.23. The first-order valence-corrected chi connectivity index (χ1v) is 5.46. The minimum atomic E-state index is -1.30. The maximum atomic E-state index is 11.5. The van der Waals surface area contributed by atoms with Crippen LogP contribution in [0.25, 0.3) is 0 Å². The van der Waals surface area contributed by atoms with Gasteiger partial charge in [-0.2, -0.15) is 0 Å². The highest BCUT2D eigenvalue weighted by Crippen LogP contribution is 1.97. The molecule has 1 heterocycles. The molecule has 0 fully saturated rings. The maximum absolute atomic E-state index is 11.5. The molecule has 0 saturated carbocycles. The maximum Gasteiger partial charge on any atom is 0.326 e. The Bertz CT molecular complexity index is 445. The lowest BCUT2D eigenvalue weighted by molar-refractivity contribution is -0.148. The van der Waals surface area contributed by atoms with Crippen LogP contribution in [0.5, 0.6) is 0 Å². The van der Waals surface area contributed by atoms with Crippen molar-refractivity contribution in [2.24, 2.45) is 0 Å². The summed E-state index contributed by atoms with van der Waals surface area (Å²) in [6.07, 6.45) is 2.67. The standard InChI is InChI=1S/C10H14N4O5/c1-19-9(16)6-7(10(17)18)12-8(15)2-4-14-5-3-11-13-14/h3,5,7H,2,4,6H2,1H3,(H,12,15)(H,17,18)/t7-/m0/s1. The summed E-state index contributed by atoms with van der Waals surface area (Å²) in [5.74, 6) is -2.49. The van der Waals surface area contributed by atoms with E-state index < -0.39 is 30.3 Å². The lowest BCUT2D eigenvalue weighted by Gasteiger charge is -2.13. The number of nitrogens with zero attached hydrogens (tertiary/aromatic N) is 3. The Hall–Kier alpha value is -2.45. The third-order valence-corrected chi connectivity index (χ3v) is 2.27. The summed E-state index contributed by atoms with van der Waals surface area (Å²) in [5, 5.41) is 18.3. The number of ether oxygens (including phenoxy) is 1. The summed E-state index contributed by atoms with van der Waals surface area (Å²) in [6.45, 7) is 0.274. The molecule has 1 atom stereocenters. The molecule has 2 N–H and O–H groups in total. The Morgan fingerprint density at radius 3 is 2.74 bits per heavy atom. The van der Waals surface area contributed by atoms with E-state index in [-0.39, 0.29) is 13.0 Å². The lowest BCUT2D eigenvalue weighted by Crippen LogP contribution is -2.42. The van der Waals surface area contributed by atoms with Gasteiger partial charge in [-0.05, 0) is 0 Å². The number of hydrogen-bond donors (Lipinski definition) is 2. The fraction of sp³-hybridized carbons (Fsp3) is 0.500. The largest absolute Gasteiger partial charge is 0.480 e. The SMILES string of the molecule is COC(=O)C[C@H](NC(=O)CCn1ccnn1)C(=O)O. The highest BCUT2D eigenvalue weighted by atomic mass is 16.5.